The van der Waals surface area contributed by atoms with Crippen LogP contribution >= 0.6 is 34.8 Å². The summed E-state index contributed by atoms with van der Waals surface area (Å²) >= 11 is 18.5. The summed E-state index contributed by atoms with van der Waals surface area (Å²) < 4.78 is 0. The van der Waals surface area contributed by atoms with Gasteiger partial charge in [0.05, 0.1) is 15.7 Å². The van der Waals surface area contributed by atoms with Crippen molar-refractivity contribution >= 4 is 40.5 Å². The fourth-order valence-electron chi connectivity index (χ4n) is 2.66. The number of nitrogens with zero attached hydrogens (tertiary/aromatic N) is 1. The smallest absolute Gasteiger partial charge is 0.0746 e. The van der Waals surface area contributed by atoms with Gasteiger partial charge in [0.25, 0.3) is 0 Å². The highest BCUT2D eigenvalue weighted by Gasteiger charge is 2.28. The molecule has 1 aromatic rings. The zero-order chi connectivity index (χ0) is 13.4. The summed E-state index contributed by atoms with van der Waals surface area (Å²) in [6.07, 6.45) is 3.87. The molecule has 1 aromatic carbocycles. The second-order valence-corrected chi connectivity index (χ2v) is 6.75. The third-order valence-corrected chi connectivity index (χ3v) is 4.65. The van der Waals surface area contributed by atoms with E-state index in [-0.39, 0.29) is 0 Å². The van der Waals surface area contributed by atoms with Crippen molar-refractivity contribution in [2.45, 2.75) is 25.3 Å². The largest absolute Gasteiger partial charge is 0.369 e. The van der Waals surface area contributed by atoms with Crippen LogP contribution in [0.5, 0.6) is 0 Å². The lowest BCUT2D eigenvalue weighted by molar-refractivity contribution is 0.515. The van der Waals surface area contributed by atoms with Gasteiger partial charge in [-0.1, -0.05) is 34.8 Å². The van der Waals surface area contributed by atoms with Gasteiger partial charge in [-0.3, -0.25) is 0 Å². The van der Waals surface area contributed by atoms with Gasteiger partial charge in [0.15, 0.2) is 0 Å². The fraction of sp³-hybridized carbons (Fsp3) is 0.571. The highest BCUT2D eigenvalue weighted by Crippen LogP contribution is 2.38. The zero-order valence-corrected chi connectivity index (χ0v) is 12.9. The van der Waals surface area contributed by atoms with Crippen molar-refractivity contribution in [2.24, 2.45) is 5.92 Å². The lowest BCUT2D eigenvalue weighted by Crippen LogP contribution is -2.27. The minimum atomic E-state index is 0.588. The normalized spacial score (nSPS) is 23.1. The third kappa shape index (κ3) is 3.30. The summed E-state index contributed by atoms with van der Waals surface area (Å²) in [7, 11) is 0. The lowest BCUT2D eigenvalue weighted by Gasteiger charge is -2.22. The summed E-state index contributed by atoms with van der Waals surface area (Å²) in [5.41, 5.74) is 0.932. The Bertz CT molecular complexity index is 451. The molecule has 0 amide bonds. The first-order valence-corrected chi connectivity index (χ1v) is 7.90. The molecule has 1 saturated heterocycles. The Kier molecular flexibility index (Phi) is 4.14. The molecule has 1 atom stereocenters. The maximum Gasteiger partial charge on any atom is 0.0746 e. The predicted molar refractivity (Wildman–Crippen MR) is 82.8 cm³/mol. The van der Waals surface area contributed by atoms with Crippen molar-refractivity contribution in [1.29, 1.82) is 0 Å². The van der Waals surface area contributed by atoms with Crippen LogP contribution in [0.1, 0.15) is 19.3 Å². The first-order valence-electron chi connectivity index (χ1n) is 6.76. The minimum Gasteiger partial charge on any atom is -0.369 e. The van der Waals surface area contributed by atoms with Gasteiger partial charge >= 0.3 is 0 Å². The molecular formula is C14H17Cl3N2. The monoisotopic (exact) mass is 318 g/mol. The van der Waals surface area contributed by atoms with Crippen LogP contribution in [0.25, 0.3) is 0 Å². The van der Waals surface area contributed by atoms with E-state index in [1.54, 1.807) is 12.1 Å². The molecule has 104 valence electrons. The summed E-state index contributed by atoms with van der Waals surface area (Å²) in [6, 6.07) is 4.30. The van der Waals surface area contributed by atoms with E-state index in [9.17, 15) is 0 Å². The Hall–Kier alpha value is -0.150. The summed E-state index contributed by atoms with van der Waals surface area (Å²) in [5.74, 6) is 0.684. The highest BCUT2D eigenvalue weighted by molar-refractivity contribution is 6.41. The van der Waals surface area contributed by atoms with Gasteiger partial charge in [-0.2, -0.15) is 0 Å². The summed E-state index contributed by atoms with van der Waals surface area (Å²) in [6.45, 7) is 3.13. The highest BCUT2D eigenvalue weighted by atomic mass is 35.5. The summed E-state index contributed by atoms with van der Waals surface area (Å²) in [5, 5.41) is 5.48. The van der Waals surface area contributed by atoms with E-state index >= 15 is 0 Å². The molecule has 0 radical (unpaired) electrons. The molecule has 1 saturated carbocycles. The van der Waals surface area contributed by atoms with Crippen molar-refractivity contribution < 1.29 is 0 Å². The van der Waals surface area contributed by atoms with E-state index in [0.717, 1.165) is 31.4 Å². The molecule has 0 spiro atoms. The van der Waals surface area contributed by atoms with Gasteiger partial charge < -0.3 is 10.2 Å². The first-order chi connectivity index (χ1) is 9.13. The van der Waals surface area contributed by atoms with Gasteiger partial charge in [0.2, 0.25) is 0 Å². The number of benzene rings is 1. The Morgan fingerprint density at radius 3 is 2.42 bits per heavy atom. The van der Waals surface area contributed by atoms with Gasteiger partial charge in [-0.15, -0.1) is 0 Å². The van der Waals surface area contributed by atoms with Crippen LogP contribution in [0.2, 0.25) is 15.1 Å². The zero-order valence-electron chi connectivity index (χ0n) is 10.6. The molecule has 0 bridgehead atoms. The van der Waals surface area contributed by atoms with E-state index < -0.39 is 0 Å². The number of hydrogen-bond donors (Lipinski definition) is 1. The van der Waals surface area contributed by atoms with Crippen molar-refractivity contribution in [1.82, 2.24) is 5.32 Å². The van der Waals surface area contributed by atoms with Crippen molar-refractivity contribution in [3.05, 3.63) is 27.2 Å². The van der Waals surface area contributed by atoms with E-state index in [1.807, 2.05) is 0 Å². The van der Waals surface area contributed by atoms with Crippen molar-refractivity contribution in [3.63, 3.8) is 0 Å². The van der Waals surface area contributed by atoms with Crippen LogP contribution in [0.15, 0.2) is 12.1 Å². The predicted octanol–water partition coefficient (Wildman–Crippen LogP) is 4.23. The van der Waals surface area contributed by atoms with E-state index in [0.29, 0.717) is 21.0 Å². The number of rotatable bonds is 4. The van der Waals surface area contributed by atoms with Crippen LogP contribution < -0.4 is 10.2 Å². The van der Waals surface area contributed by atoms with Gasteiger partial charge in [0.1, 0.15) is 0 Å². The van der Waals surface area contributed by atoms with Crippen LogP contribution in [-0.4, -0.2) is 25.7 Å². The molecule has 3 rings (SSSR count). The molecule has 19 heavy (non-hydrogen) atoms. The quantitative estimate of drug-likeness (QED) is 0.893. The van der Waals surface area contributed by atoms with Crippen molar-refractivity contribution in [3.8, 4) is 0 Å². The average molecular weight is 320 g/mol. The molecule has 5 heteroatoms. The minimum absolute atomic E-state index is 0.588. The Morgan fingerprint density at radius 2 is 1.79 bits per heavy atom. The van der Waals surface area contributed by atoms with E-state index in [1.165, 1.54) is 19.3 Å². The topological polar surface area (TPSA) is 15.3 Å². The molecule has 1 unspecified atom stereocenters. The van der Waals surface area contributed by atoms with Crippen LogP contribution in [0.4, 0.5) is 5.69 Å². The Labute approximate surface area is 129 Å². The molecule has 1 heterocycles. The molecule has 1 N–H and O–H groups in total. The first kappa shape index (κ1) is 13.8. The number of anilines is 1. The SMILES string of the molecule is Clc1cc(Cl)c(N2CCC(CNC3CC3)C2)c(Cl)c1. The second kappa shape index (κ2) is 5.69. The maximum atomic E-state index is 6.27. The standard InChI is InChI=1S/C14H17Cl3N2/c15-10-5-12(16)14(13(17)6-10)19-4-3-9(8-19)7-18-11-1-2-11/h5-6,9,11,18H,1-4,7-8H2. The number of halogens is 3. The van der Waals surface area contributed by atoms with Crippen LogP contribution in [0, 0.1) is 5.92 Å². The molecule has 1 aliphatic heterocycles. The van der Waals surface area contributed by atoms with E-state index in [4.69, 9.17) is 34.8 Å². The number of nitrogens with one attached hydrogen (secondary N) is 1. The lowest BCUT2D eigenvalue weighted by atomic mass is 10.1. The Balaban J connectivity index is 1.66. The molecular weight excluding hydrogens is 303 g/mol. The molecule has 2 aliphatic rings. The maximum absolute atomic E-state index is 6.27. The fourth-order valence-corrected chi connectivity index (χ4v) is 3.72. The van der Waals surface area contributed by atoms with Gasteiger partial charge in [0, 0.05) is 24.2 Å². The van der Waals surface area contributed by atoms with Gasteiger partial charge in [-0.05, 0) is 43.9 Å². The average Bonchev–Trinajstić information content (AvgIpc) is 3.05. The van der Waals surface area contributed by atoms with Gasteiger partial charge in [-0.25, -0.2) is 0 Å². The molecule has 2 nitrogen and oxygen atoms in total. The molecule has 0 aromatic heterocycles. The second-order valence-electron chi connectivity index (χ2n) is 5.50. The van der Waals surface area contributed by atoms with Crippen LogP contribution in [0.3, 0.4) is 0 Å². The summed E-state index contributed by atoms with van der Waals surface area (Å²) in [4.78, 5) is 2.28. The van der Waals surface area contributed by atoms with E-state index in [2.05, 4.69) is 10.2 Å². The van der Waals surface area contributed by atoms with Crippen molar-refractivity contribution in [2.75, 3.05) is 24.5 Å². The third-order valence-electron chi connectivity index (χ3n) is 3.86. The molecule has 1 aliphatic carbocycles. The number of hydrogen-bond acceptors (Lipinski definition) is 2. The molecule has 2 fully saturated rings. The van der Waals surface area contributed by atoms with Crippen LogP contribution in [-0.2, 0) is 0 Å². The Morgan fingerprint density at radius 1 is 1.11 bits per heavy atom.